The van der Waals surface area contributed by atoms with E-state index in [0.29, 0.717) is 24.5 Å². The number of halogens is 3. The van der Waals surface area contributed by atoms with Crippen molar-refractivity contribution in [3.8, 4) is 0 Å². The van der Waals surface area contributed by atoms with Crippen LogP contribution in [0.1, 0.15) is 28.8 Å². The van der Waals surface area contributed by atoms with E-state index in [0.717, 1.165) is 22.5 Å². The van der Waals surface area contributed by atoms with E-state index in [9.17, 15) is 26.4 Å². The van der Waals surface area contributed by atoms with Crippen molar-refractivity contribution < 1.29 is 26.4 Å². The van der Waals surface area contributed by atoms with Crippen molar-refractivity contribution in [3.63, 3.8) is 0 Å². The third-order valence-corrected chi connectivity index (χ3v) is 6.52. The molecule has 0 atom stereocenters. The van der Waals surface area contributed by atoms with Gasteiger partial charge in [0.1, 0.15) is 0 Å². The van der Waals surface area contributed by atoms with E-state index < -0.39 is 21.8 Å². The highest BCUT2D eigenvalue weighted by Gasteiger charge is 2.34. The topological polar surface area (TPSA) is 66.5 Å². The molecule has 1 heterocycles. The van der Waals surface area contributed by atoms with E-state index in [1.807, 2.05) is 0 Å². The van der Waals surface area contributed by atoms with Crippen molar-refractivity contribution >= 4 is 15.9 Å². The van der Waals surface area contributed by atoms with Crippen molar-refractivity contribution in [2.24, 2.45) is 0 Å². The van der Waals surface area contributed by atoms with Gasteiger partial charge in [0.15, 0.2) is 0 Å². The summed E-state index contributed by atoms with van der Waals surface area (Å²) in [5.74, 6) is -0.236. The fourth-order valence-electron chi connectivity index (χ4n) is 3.08. The Morgan fingerprint density at radius 1 is 1.00 bits per heavy atom. The molecular weight excluding hydrogens is 393 g/mol. The standard InChI is InChI=1S/C19H19F3N2O3S/c20-19(21,22)15-7-4-8-17(13-15)28(26,27)24-11-9-16(10-12-24)23-18(25)14-5-2-1-3-6-14/h1-8,13,16H,9-12H2,(H,23,25). The number of amides is 1. The molecule has 150 valence electrons. The molecule has 28 heavy (non-hydrogen) atoms. The predicted molar refractivity (Wildman–Crippen MR) is 97.1 cm³/mol. The van der Waals surface area contributed by atoms with Gasteiger partial charge in [0.2, 0.25) is 10.0 Å². The molecule has 3 rings (SSSR count). The van der Waals surface area contributed by atoms with Crippen LogP contribution in [0, 0.1) is 0 Å². The summed E-state index contributed by atoms with van der Waals surface area (Å²) in [6.45, 7) is 0.247. The lowest BCUT2D eigenvalue weighted by atomic mass is 10.1. The highest BCUT2D eigenvalue weighted by atomic mass is 32.2. The minimum atomic E-state index is -4.61. The van der Waals surface area contributed by atoms with Crippen LogP contribution in [-0.2, 0) is 16.2 Å². The SMILES string of the molecule is O=C(NC1CCN(S(=O)(=O)c2cccc(C(F)(F)F)c2)CC1)c1ccccc1. The Hall–Kier alpha value is -2.39. The number of hydrogen-bond acceptors (Lipinski definition) is 3. The maximum absolute atomic E-state index is 12.9. The number of carbonyl (C=O) groups is 1. The van der Waals surface area contributed by atoms with Gasteiger partial charge in [-0.15, -0.1) is 0 Å². The van der Waals surface area contributed by atoms with E-state index in [1.54, 1.807) is 30.3 Å². The number of benzene rings is 2. The first kappa shape index (κ1) is 20.3. The van der Waals surface area contributed by atoms with Crippen LogP contribution in [-0.4, -0.2) is 37.8 Å². The van der Waals surface area contributed by atoms with Crippen LogP contribution in [0.4, 0.5) is 13.2 Å². The predicted octanol–water partition coefficient (Wildman–Crippen LogP) is 3.29. The summed E-state index contributed by atoms with van der Waals surface area (Å²) >= 11 is 0. The van der Waals surface area contributed by atoms with Crippen molar-refractivity contribution in [2.75, 3.05) is 13.1 Å². The zero-order chi connectivity index (χ0) is 20.4. The molecule has 2 aromatic carbocycles. The molecule has 1 aliphatic rings. The fraction of sp³-hybridized carbons (Fsp3) is 0.316. The molecule has 0 unspecified atom stereocenters. The van der Waals surface area contributed by atoms with Crippen LogP contribution in [0.5, 0.6) is 0 Å². The average Bonchev–Trinajstić information content (AvgIpc) is 2.68. The number of alkyl halides is 3. The monoisotopic (exact) mass is 412 g/mol. The number of carbonyl (C=O) groups excluding carboxylic acids is 1. The van der Waals surface area contributed by atoms with Crippen molar-refractivity contribution in [1.82, 2.24) is 9.62 Å². The van der Waals surface area contributed by atoms with Crippen molar-refractivity contribution in [3.05, 3.63) is 65.7 Å². The van der Waals surface area contributed by atoms with Gasteiger partial charge in [0.05, 0.1) is 10.5 Å². The second-order valence-corrected chi connectivity index (χ2v) is 8.48. The number of nitrogens with zero attached hydrogens (tertiary/aromatic N) is 1. The van der Waals surface area contributed by atoms with Gasteiger partial charge in [-0.25, -0.2) is 8.42 Å². The summed E-state index contributed by atoms with van der Waals surface area (Å²) in [6, 6.07) is 12.2. The Bertz CT molecular complexity index is 938. The summed E-state index contributed by atoms with van der Waals surface area (Å²) in [7, 11) is -4.03. The smallest absolute Gasteiger partial charge is 0.349 e. The highest BCUT2D eigenvalue weighted by Crippen LogP contribution is 2.31. The quantitative estimate of drug-likeness (QED) is 0.838. The fourth-order valence-corrected chi connectivity index (χ4v) is 4.60. The second-order valence-electron chi connectivity index (χ2n) is 6.54. The lowest BCUT2D eigenvalue weighted by Gasteiger charge is -2.31. The number of rotatable bonds is 4. The van der Waals surface area contributed by atoms with Crippen molar-refractivity contribution in [2.45, 2.75) is 30.0 Å². The molecule has 0 radical (unpaired) electrons. The Balaban J connectivity index is 1.65. The van der Waals surface area contributed by atoms with E-state index in [2.05, 4.69) is 5.32 Å². The molecular formula is C19H19F3N2O3S. The zero-order valence-corrected chi connectivity index (χ0v) is 15.6. The maximum Gasteiger partial charge on any atom is 0.416 e. The Morgan fingerprint density at radius 3 is 2.25 bits per heavy atom. The summed E-state index contributed by atoms with van der Waals surface area (Å²) in [6.07, 6.45) is -3.84. The Morgan fingerprint density at radius 2 is 1.64 bits per heavy atom. The lowest BCUT2D eigenvalue weighted by Crippen LogP contribution is -2.46. The van der Waals surface area contributed by atoms with Crippen LogP contribution in [0.25, 0.3) is 0 Å². The molecule has 9 heteroatoms. The first-order valence-electron chi connectivity index (χ1n) is 8.71. The first-order chi connectivity index (χ1) is 13.2. The van der Waals surface area contributed by atoms with Gasteiger partial charge < -0.3 is 5.32 Å². The normalized spacial score (nSPS) is 16.7. The van der Waals surface area contributed by atoms with Crippen LogP contribution in [0.2, 0.25) is 0 Å². The third kappa shape index (κ3) is 4.53. The van der Waals surface area contributed by atoms with E-state index in [-0.39, 0.29) is 29.9 Å². The van der Waals surface area contributed by atoms with Gasteiger partial charge in [-0.1, -0.05) is 24.3 Å². The second kappa shape index (κ2) is 7.92. The first-order valence-corrected chi connectivity index (χ1v) is 10.2. The van der Waals surface area contributed by atoms with Crippen LogP contribution < -0.4 is 5.32 Å². The largest absolute Gasteiger partial charge is 0.416 e. The van der Waals surface area contributed by atoms with Crippen molar-refractivity contribution in [1.29, 1.82) is 0 Å². The summed E-state index contributed by atoms with van der Waals surface area (Å²) < 4.78 is 65.1. The lowest BCUT2D eigenvalue weighted by molar-refractivity contribution is -0.137. The van der Waals surface area contributed by atoms with E-state index in [1.165, 1.54) is 0 Å². The summed E-state index contributed by atoms with van der Waals surface area (Å²) in [5, 5.41) is 2.87. The van der Waals surface area contributed by atoms with Gasteiger partial charge in [0.25, 0.3) is 5.91 Å². The molecule has 5 nitrogen and oxygen atoms in total. The average molecular weight is 412 g/mol. The molecule has 1 saturated heterocycles. The molecule has 1 N–H and O–H groups in total. The minimum Gasteiger partial charge on any atom is -0.349 e. The Labute approximate surface area is 161 Å². The van der Waals surface area contributed by atoms with Gasteiger partial charge in [0, 0.05) is 24.7 Å². The molecule has 2 aromatic rings. The van der Waals surface area contributed by atoms with Gasteiger partial charge in [-0.3, -0.25) is 4.79 Å². The maximum atomic E-state index is 12.9. The highest BCUT2D eigenvalue weighted by molar-refractivity contribution is 7.89. The van der Waals surface area contributed by atoms with Crippen LogP contribution in [0.3, 0.4) is 0 Å². The molecule has 1 aliphatic heterocycles. The van der Waals surface area contributed by atoms with Crippen LogP contribution in [0.15, 0.2) is 59.5 Å². The van der Waals surface area contributed by atoms with Crippen LogP contribution >= 0.6 is 0 Å². The van der Waals surface area contributed by atoms with E-state index >= 15 is 0 Å². The zero-order valence-electron chi connectivity index (χ0n) is 14.8. The third-order valence-electron chi connectivity index (χ3n) is 4.62. The summed E-state index contributed by atoms with van der Waals surface area (Å²) in [5.41, 5.74) is -0.486. The molecule has 0 bridgehead atoms. The molecule has 0 saturated carbocycles. The van der Waals surface area contributed by atoms with E-state index in [4.69, 9.17) is 0 Å². The van der Waals surface area contributed by atoms with Gasteiger partial charge in [-0.05, 0) is 43.2 Å². The number of sulfonamides is 1. The Kier molecular flexibility index (Phi) is 5.76. The molecule has 0 aliphatic carbocycles. The molecule has 0 spiro atoms. The molecule has 0 aromatic heterocycles. The molecule has 1 fully saturated rings. The van der Waals surface area contributed by atoms with Gasteiger partial charge >= 0.3 is 6.18 Å². The number of hydrogen-bond donors (Lipinski definition) is 1. The minimum absolute atomic E-state index is 0.123. The number of piperidine rings is 1. The molecule has 1 amide bonds. The summed E-state index contributed by atoms with van der Waals surface area (Å²) in [4.78, 5) is 11.8. The number of nitrogens with one attached hydrogen (secondary N) is 1. The van der Waals surface area contributed by atoms with Gasteiger partial charge in [-0.2, -0.15) is 17.5 Å².